The average Bonchev–Trinajstić information content (AvgIpc) is 3.17. The number of nitrogens with one attached hydrogen (secondary N) is 1. The summed E-state index contributed by atoms with van der Waals surface area (Å²) in [7, 11) is 0. The van der Waals surface area contributed by atoms with E-state index in [1.54, 1.807) is 12.1 Å². The van der Waals surface area contributed by atoms with Gasteiger partial charge in [0.25, 0.3) is 0 Å². The molecule has 2 fully saturated rings. The lowest BCUT2D eigenvalue weighted by molar-refractivity contribution is 0.112. The highest BCUT2D eigenvalue weighted by Gasteiger charge is 2.37. The highest BCUT2D eigenvalue weighted by molar-refractivity contribution is 5.26. The van der Waals surface area contributed by atoms with Crippen LogP contribution >= 0.6 is 0 Å². The van der Waals surface area contributed by atoms with Crippen molar-refractivity contribution in [2.75, 3.05) is 13.1 Å². The molecule has 0 aromatic heterocycles. The van der Waals surface area contributed by atoms with Crippen molar-refractivity contribution in [1.29, 1.82) is 0 Å². The van der Waals surface area contributed by atoms with Gasteiger partial charge in [-0.05, 0) is 55.9 Å². The minimum absolute atomic E-state index is 0.131. The molecule has 1 N–H and O–H groups in total. The molecule has 3 heteroatoms. The van der Waals surface area contributed by atoms with Crippen molar-refractivity contribution in [1.82, 2.24) is 10.2 Å². The highest BCUT2D eigenvalue weighted by Crippen LogP contribution is 2.36. The first kappa shape index (κ1) is 13.1. The maximum Gasteiger partial charge on any atom is 0.123 e. The summed E-state index contributed by atoms with van der Waals surface area (Å²) < 4.78 is 13.2. The smallest absolute Gasteiger partial charge is 0.123 e. The van der Waals surface area contributed by atoms with Gasteiger partial charge in [-0.25, -0.2) is 4.39 Å². The van der Waals surface area contributed by atoms with E-state index >= 15 is 0 Å². The fourth-order valence-electron chi connectivity index (χ4n) is 3.19. The minimum atomic E-state index is -0.131. The zero-order valence-corrected chi connectivity index (χ0v) is 11.8. The van der Waals surface area contributed by atoms with E-state index in [4.69, 9.17) is 0 Å². The SMILES string of the molecule is Cc1cc(F)ccc1CN1CC(C)NCC1C1CC1. The molecule has 1 saturated heterocycles. The molecule has 104 valence electrons. The predicted octanol–water partition coefficient (Wildman–Crippen LogP) is 2.71. The molecule has 2 nitrogen and oxygen atoms in total. The van der Waals surface area contributed by atoms with Crippen LogP contribution in [0, 0.1) is 18.7 Å². The number of benzene rings is 1. The van der Waals surface area contributed by atoms with Crippen molar-refractivity contribution in [2.24, 2.45) is 5.92 Å². The van der Waals surface area contributed by atoms with Crippen LogP contribution in [0.2, 0.25) is 0 Å². The van der Waals surface area contributed by atoms with Crippen molar-refractivity contribution in [3.05, 3.63) is 35.1 Å². The second kappa shape index (κ2) is 5.22. The van der Waals surface area contributed by atoms with Gasteiger partial charge >= 0.3 is 0 Å². The monoisotopic (exact) mass is 262 g/mol. The molecule has 1 aromatic carbocycles. The van der Waals surface area contributed by atoms with E-state index in [1.807, 2.05) is 13.0 Å². The molecule has 0 amide bonds. The number of nitrogens with zero attached hydrogens (tertiary/aromatic N) is 1. The number of hydrogen-bond donors (Lipinski definition) is 1. The summed E-state index contributed by atoms with van der Waals surface area (Å²) in [5.41, 5.74) is 2.34. The Bertz CT molecular complexity index is 456. The molecule has 1 aliphatic heterocycles. The largest absolute Gasteiger partial charge is 0.311 e. The summed E-state index contributed by atoms with van der Waals surface area (Å²) in [5, 5.41) is 3.59. The van der Waals surface area contributed by atoms with Gasteiger partial charge in [0.05, 0.1) is 0 Å². The van der Waals surface area contributed by atoms with Crippen LogP contribution in [0.5, 0.6) is 0 Å². The third kappa shape index (κ3) is 2.98. The summed E-state index contributed by atoms with van der Waals surface area (Å²) in [6, 6.07) is 6.39. The Balaban J connectivity index is 1.75. The first-order valence-electron chi connectivity index (χ1n) is 7.36. The van der Waals surface area contributed by atoms with Crippen molar-refractivity contribution >= 4 is 0 Å². The molecule has 2 atom stereocenters. The van der Waals surface area contributed by atoms with Crippen molar-refractivity contribution in [2.45, 2.75) is 45.3 Å². The Hall–Kier alpha value is -0.930. The Morgan fingerprint density at radius 2 is 2.16 bits per heavy atom. The summed E-state index contributed by atoms with van der Waals surface area (Å²) in [6.45, 7) is 7.41. The Morgan fingerprint density at radius 1 is 1.37 bits per heavy atom. The third-order valence-corrected chi connectivity index (χ3v) is 4.50. The van der Waals surface area contributed by atoms with E-state index in [1.165, 1.54) is 18.4 Å². The summed E-state index contributed by atoms with van der Waals surface area (Å²) in [4.78, 5) is 2.60. The van der Waals surface area contributed by atoms with E-state index in [-0.39, 0.29) is 5.82 Å². The first-order valence-corrected chi connectivity index (χ1v) is 7.36. The fraction of sp³-hybridized carbons (Fsp3) is 0.625. The maximum absolute atomic E-state index is 13.2. The van der Waals surface area contributed by atoms with Gasteiger partial charge in [0.2, 0.25) is 0 Å². The number of rotatable bonds is 3. The first-order chi connectivity index (χ1) is 9.13. The number of halogens is 1. The Kier molecular flexibility index (Phi) is 3.59. The summed E-state index contributed by atoms with van der Waals surface area (Å²) in [5.74, 6) is 0.745. The summed E-state index contributed by atoms with van der Waals surface area (Å²) in [6.07, 6.45) is 2.75. The van der Waals surface area contributed by atoms with E-state index in [2.05, 4.69) is 17.1 Å². The van der Waals surface area contributed by atoms with E-state index < -0.39 is 0 Å². The molecule has 19 heavy (non-hydrogen) atoms. The molecule has 0 spiro atoms. The predicted molar refractivity (Wildman–Crippen MR) is 75.5 cm³/mol. The lowest BCUT2D eigenvalue weighted by atomic mass is 10.0. The van der Waals surface area contributed by atoms with E-state index in [0.717, 1.165) is 31.1 Å². The minimum Gasteiger partial charge on any atom is -0.311 e. The maximum atomic E-state index is 13.2. The number of aryl methyl sites for hydroxylation is 1. The third-order valence-electron chi connectivity index (χ3n) is 4.50. The zero-order valence-electron chi connectivity index (χ0n) is 11.8. The fourth-order valence-corrected chi connectivity index (χ4v) is 3.19. The normalized spacial score (nSPS) is 28.6. The molecule has 3 rings (SSSR count). The topological polar surface area (TPSA) is 15.3 Å². The van der Waals surface area contributed by atoms with Gasteiger partial charge in [0.1, 0.15) is 5.82 Å². The molecule has 0 radical (unpaired) electrons. The second-order valence-electron chi connectivity index (χ2n) is 6.21. The molecule has 0 bridgehead atoms. The molecule has 2 aliphatic rings. The van der Waals surface area contributed by atoms with Gasteiger partial charge < -0.3 is 5.32 Å². The van der Waals surface area contributed by atoms with Crippen LogP contribution in [0.3, 0.4) is 0 Å². The van der Waals surface area contributed by atoms with Gasteiger partial charge in [0, 0.05) is 31.7 Å². The number of piperazine rings is 1. The second-order valence-corrected chi connectivity index (χ2v) is 6.21. The quantitative estimate of drug-likeness (QED) is 0.901. The molecule has 2 unspecified atom stereocenters. The van der Waals surface area contributed by atoms with Crippen LogP contribution in [-0.2, 0) is 6.54 Å². The van der Waals surface area contributed by atoms with Crippen molar-refractivity contribution < 1.29 is 4.39 Å². The van der Waals surface area contributed by atoms with E-state index in [0.29, 0.717) is 12.1 Å². The van der Waals surface area contributed by atoms with Crippen molar-refractivity contribution in [3.63, 3.8) is 0 Å². The lowest BCUT2D eigenvalue weighted by Gasteiger charge is -2.40. The number of hydrogen-bond acceptors (Lipinski definition) is 2. The van der Waals surface area contributed by atoms with E-state index in [9.17, 15) is 4.39 Å². The van der Waals surface area contributed by atoms with Crippen LogP contribution in [0.25, 0.3) is 0 Å². The van der Waals surface area contributed by atoms with Crippen LogP contribution in [-0.4, -0.2) is 30.1 Å². The molecule has 1 saturated carbocycles. The van der Waals surface area contributed by atoms with Crippen molar-refractivity contribution in [3.8, 4) is 0 Å². The Labute approximate surface area is 115 Å². The molecular formula is C16H23FN2. The molecule has 1 aromatic rings. The molecule has 1 heterocycles. The standard InChI is InChI=1S/C16H23FN2/c1-11-7-15(17)6-5-14(11)10-19-9-12(2)18-8-16(19)13-3-4-13/h5-7,12-13,16,18H,3-4,8-10H2,1-2H3. The van der Waals surface area contributed by atoms with Gasteiger partial charge in [-0.15, -0.1) is 0 Å². The Morgan fingerprint density at radius 3 is 2.84 bits per heavy atom. The summed E-state index contributed by atoms with van der Waals surface area (Å²) >= 11 is 0. The van der Waals surface area contributed by atoms with Gasteiger partial charge in [-0.1, -0.05) is 6.07 Å². The zero-order chi connectivity index (χ0) is 13.4. The van der Waals surface area contributed by atoms with Gasteiger partial charge in [-0.2, -0.15) is 0 Å². The molecular weight excluding hydrogens is 239 g/mol. The average molecular weight is 262 g/mol. The van der Waals surface area contributed by atoms with Crippen LogP contribution < -0.4 is 5.32 Å². The van der Waals surface area contributed by atoms with Gasteiger partial charge in [-0.3, -0.25) is 4.90 Å². The lowest BCUT2D eigenvalue weighted by Crippen LogP contribution is -2.55. The van der Waals surface area contributed by atoms with Crippen LogP contribution in [0.4, 0.5) is 4.39 Å². The highest BCUT2D eigenvalue weighted by atomic mass is 19.1. The van der Waals surface area contributed by atoms with Crippen LogP contribution in [0.15, 0.2) is 18.2 Å². The van der Waals surface area contributed by atoms with Crippen LogP contribution in [0.1, 0.15) is 30.9 Å². The molecule has 1 aliphatic carbocycles. The van der Waals surface area contributed by atoms with Gasteiger partial charge in [0.15, 0.2) is 0 Å².